The molecule has 2 bridgehead atoms. The fourth-order valence-corrected chi connectivity index (χ4v) is 5.12. The molecule has 1 aliphatic carbocycles. The van der Waals surface area contributed by atoms with Gasteiger partial charge in [-0.05, 0) is 54.5 Å². The summed E-state index contributed by atoms with van der Waals surface area (Å²) in [5.74, 6) is -1.75. The highest BCUT2D eigenvalue weighted by molar-refractivity contribution is 5.93. The molecule has 0 N–H and O–H groups in total. The minimum Gasteiger partial charge on any atom is -0.497 e. The molecule has 0 radical (unpaired) electrons. The summed E-state index contributed by atoms with van der Waals surface area (Å²) in [6.45, 7) is 7.60. The largest absolute Gasteiger partial charge is 0.497 e. The van der Waals surface area contributed by atoms with Crippen LogP contribution in [-0.2, 0) is 28.6 Å². The first kappa shape index (κ1) is 23.9. The Balaban J connectivity index is 1.42. The van der Waals surface area contributed by atoms with Gasteiger partial charge in [-0.15, -0.1) is 0 Å². The van der Waals surface area contributed by atoms with Crippen molar-refractivity contribution < 1.29 is 33.3 Å². The minimum atomic E-state index is -0.762. The highest BCUT2D eigenvalue weighted by Crippen LogP contribution is 2.39. The predicted octanol–water partition coefficient (Wildman–Crippen LogP) is 4.55. The van der Waals surface area contributed by atoms with Crippen LogP contribution in [-0.4, -0.2) is 43.3 Å². The summed E-state index contributed by atoms with van der Waals surface area (Å²) in [6, 6.07) is 11.6. The Morgan fingerprint density at radius 1 is 1.03 bits per heavy atom. The highest BCUT2D eigenvalue weighted by Gasteiger charge is 2.46. The number of fused-ring (bicyclic) bond motifs is 3. The van der Waals surface area contributed by atoms with E-state index < -0.39 is 42.0 Å². The van der Waals surface area contributed by atoms with E-state index in [-0.39, 0.29) is 18.1 Å². The fraction of sp³-hybridized carbons (Fsp3) is 0.345. The first-order chi connectivity index (χ1) is 17.2. The minimum absolute atomic E-state index is 0.190. The number of hydrogen-bond acceptors (Lipinski definition) is 7. The van der Waals surface area contributed by atoms with E-state index in [1.807, 2.05) is 49.4 Å². The average molecular weight is 489 g/mol. The lowest BCUT2D eigenvalue weighted by Gasteiger charge is -2.27. The molecule has 0 amide bonds. The number of carbonyl (C=O) groups excluding carboxylic acids is 3. The van der Waals surface area contributed by atoms with E-state index in [0.717, 1.165) is 27.7 Å². The van der Waals surface area contributed by atoms with Gasteiger partial charge in [-0.2, -0.15) is 0 Å². The van der Waals surface area contributed by atoms with Crippen LogP contribution < -0.4 is 4.74 Å². The van der Waals surface area contributed by atoms with Crippen molar-refractivity contribution >= 4 is 28.7 Å². The zero-order chi connectivity index (χ0) is 25.6. The molecular formula is C29H28O7. The summed E-state index contributed by atoms with van der Waals surface area (Å²) < 4.78 is 22.3. The van der Waals surface area contributed by atoms with Gasteiger partial charge in [-0.1, -0.05) is 36.4 Å². The second-order valence-electron chi connectivity index (χ2n) is 9.65. The van der Waals surface area contributed by atoms with Crippen LogP contribution in [0, 0.1) is 5.92 Å². The Hall–Kier alpha value is -3.87. The molecule has 0 spiro atoms. The molecule has 2 aromatic carbocycles. The topological polar surface area (TPSA) is 88.1 Å². The van der Waals surface area contributed by atoms with E-state index in [0.29, 0.717) is 12.0 Å². The van der Waals surface area contributed by atoms with Crippen molar-refractivity contribution in [2.24, 2.45) is 5.92 Å². The summed E-state index contributed by atoms with van der Waals surface area (Å²) in [6.07, 6.45) is 2.46. The van der Waals surface area contributed by atoms with Crippen LogP contribution in [0.4, 0.5) is 0 Å². The summed E-state index contributed by atoms with van der Waals surface area (Å²) in [7, 11) is 1.62. The highest BCUT2D eigenvalue weighted by atomic mass is 16.6. The first-order valence-corrected chi connectivity index (χ1v) is 12.0. The van der Waals surface area contributed by atoms with E-state index in [1.165, 1.54) is 0 Å². The van der Waals surface area contributed by atoms with Crippen molar-refractivity contribution in [2.75, 3.05) is 7.11 Å². The molecule has 0 saturated carbocycles. The maximum absolute atomic E-state index is 13.4. The lowest BCUT2D eigenvalue weighted by atomic mass is 9.85. The van der Waals surface area contributed by atoms with E-state index >= 15 is 0 Å². The van der Waals surface area contributed by atoms with Crippen molar-refractivity contribution in [3.8, 4) is 5.75 Å². The summed E-state index contributed by atoms with van der Waals surface area (Å²) in [4.78, 5) is 38.1. The monoisotopic (exact) mass is 488 g/mol. The predicted molar refractivity (Wildman–Crippen MR) is 132 cm³/mol. The smallest absolute Gasteiger partial charge is 0.334 e. The Bertz CT molecular complexity index is 1330. The van der Waals surface area contributed by atoms with Gasteiger partial charge < -0.3 is 18.9 Å². The van der Waals surface area contributed by atoms with Crippen LogP contribution in [0.5, 0.6) is 5.75 Å². The molecule has 36 heavy (non-hydrogen) atoms. The van der Waals surface area contributed by atoms with Crippen LogP contribution in [0.3, 0.4) is 0 Å². The lowest BCUT2D eigenvalue weighted by molar-refractivity contribution is -0.151. The van der Waals surface area contributed by atoms with Gasteiger partial charge in [0, 0.05) is 24.0 Å². The van der Waals surface area contributed by atoms with Gasteiger partial charge in [0.25, 0.3) is 0 Å². The van der Waals surface area contributed by atoms with E-state index in [1.54, 1.807) is 20.1 Å². The molecular weight excluding hydrogens is 460 g/mol. The third-order valence-corrected chi connectivity index (χ3v) is 7.16. The number of methoxy groups -OCH3 is 1. The number of esters is 3. The molecule has 1 fully saturated rings. The van der Waals surface area contributed by atoms with E-state index in [4.69, 9.17) is 18.9 Å². The molecule has 0 unspecified atom stereocenters. The standard InChI is InChI=1S/C29H28O7/c1-15-9-23-13-21(29(32)34-23)14-25-26(17(3)28(31)36-25)24(10-15)35-27(30)16(2)18-5-6-20-12-22(33-4)8-7-19(20)11-18/h5-8,10-13,16,23-26H,3,9,14H2,1-2,4H3/b15-10+/t16-,23+,24+,25-,26-/m0/s1. The number of benzene rings is 2. The maximum atomic E-state index is 13.4. The van der Waals surface area contributed by atoms with Crippen LogP contribution >= 0.6 is 0 Å². The van der Waals surface area contributed by atoms with Crippen molar-refractivity contribution in [1.82, 2.24) is 0 Å². The van der Waals surface area contributed by atoms with Gasteiger partial charge in [0.1, 0.15) is 24.1 Å². The van der Waals surface area contributed by atoms with Crippen molar-refractivity contribution in [2.45, 2.75) is 50.9 Å². The Kier molecular flexibility index (Phi) is 6.16. The second-order valence-corrected chi connectivity index (χ2v) is 9.65. The fourth-order valence-electron chi connectivity index (χ4n) is 5.12. The van der Waals surface area contributed by atoms with Crippen molar-refractivity contribution in [3.05, 3.63) is 77.4 Å². The quantitative estimate of drug-likeness (QED) is 0.270. The molecule has 0 aromatic heterocycles. The summed E-state index contributed by atoms with van der Waals surface area (Å²) in [5.41, 5.74) is 2.40. The van der Waals surface area contributed by atoms with Gasteiger partial charge in [-0.25, -0.2) is 9.59 Å². The third-order valence-electron chi connectivity index (χ3n) is 7.16. The molecule has 5 atom stereocenters. The van der Waals surface area contributed by atoms with Gasteiger partial charge in [0.05, 0.1) is 18.9 Å². The lowest BCUT2D eigenvalue weighted by Crippen LogP contribution is -2.34. The number of ether oxygens (including phenoxy) is 4. The van der Waals surface area contributed by atoms with Gasteiger partial charge in [0.15, 0.2) is 0 Å². The second kappa shape index (κ2) is 9.30. The molecule has 2 heterocycles. The van der Waals surface area contributed by atoms with Crippen LogP contribution in [0.2, 0.25) is 0 Å². The number of carbonyl (C=O) groups is 3. The third kappa shape index (κ3) is 4.41. The Morgan fingerprint density at radius 3 is 2.56 bits per heavy atom. The number of rotatable bonds is 4. The van der Waals surface area contributed by atoms with Crippen LogP contribution in [0.25, 0.3) is 10.8 Å². The molecule has 2 aliphatic heterocycles. The van der Waals surface area contributed by atoms with Crippen LogP contribution in [0.1, 0.15) is 38.2 Å². The normalized spacial score (nSPS) is 27.8. The molecule has 7 heteroatoms. The zero-order valence-electron chi connectivity index (χ0n) is 20.5. The zero-order valence-corrected chi connectivity index (χ0v) is 20.5. The molecule has 3 aliphatic rings. The van der Waals surface area contributed by atoms with Crippen molar-refractivity contribution in [1.29, 1.82) is 0 Å². The summed E-state index contributed by atoms with van der Waals surface area (Å²) >= 11 is 0. The first-order valence-electron chi connectivity index (χ1n) is 12.0. The molecule has 186 valence electrons. The Labute approximate surface area is 209 Å². The van der Waals surface area contributed by atoms with E-state index in [9.17, 15) is 14.4 Å². The van der Waals surface area contributed by atoms with Gasteiger partial charge >= 0.3 is 17.9 Å². The SMILES string of the molecule is C=C1C(=O)O[C@H]2CC3=C[C@@H](C/C(C)=C/[C@@H](OC(=O)[C@@H](C)c4ccc5cc(OC)ccc5c4)[C@H]12)OC3=O. The molecule has 7 nitrogen and oxygen atoms in total. The summed E-state index contributed by atoms with van der Waals surface area (Å²) in [5, 5.41) is 1.99. The van der Waals surface area contributed by atoms with Gasteiger partial charge in [0.2, 0.25) is 0 Å². The van der Waals surface area contributed by atoms with E-state index in [2.05, 4.69) is 6.58 Å². The van der Waals surface area contributed by atoms with Crippen molar-refractivity contribution in [3.63, 3.8) is 0 Å². The van der Waals surface area contributed by atoms with Gasteiger partial charge in [-0.3, -0.25) is 4.79 Å². The average Bonchev–Trinajstić information content (AvgIpc) is 3.33. The molecule has 2 aromatic rings. The molecule has 5 rings (SSSR count). The molecule has 1 saturated heterocycles. The maximum Gasteiger partial charge on any atom is 0.334 e. The van der Waals surface area contributed by atoms with Crippen LogP contribution in [0.15, 0.2) is 71.8 Å². The number of hydrogen-bond donors (Lipinski definition) is 0. The Morgan fingerprint density at radius 2 is 1.78 bits per heavy atom.